The summed E-state index contributed by atoms with van der Waals surface area (Å²) >= 11 is 0. The molecule has 0 aliphatic heterocycles. The van der Waals surface area contributed by atoms with E-state index < -0.39 is 0 Å². The third-order valence-electron chi connectivity index (χ3n) is 0.688. The van der Waals surface area contributed by atoms with Gasteiger partial charge in [0.15, 0.2) is 0 Å². The van der Waals surface area contributed by atoms with Gasteiger partial charge < -0.3 is 4.98 Å². The molecule has 0 aromatic heterocycles. The zero-order chi connectivity index (χ0) is 6.57. The van der Waals surface area contributed by atoms with Gasteiger partial charge in [0.05, 0.1) is 6.42 Å². The Labute approximate surface area is 51.0 Å². The summed E-state index contributed by atoms with van der Waals surface area (Å²) < 4.78 is 0. The van der Waals surface area contributed by atoms with E-state index in [1.54, 1.807) is 0 Å². The second-order valence-electron chi connectivity index (χ2n) is 1.55. The highest BCUT2D eigenvalue weighted by atomic mass is 28.2. The van der Waals surface area contributed by atoms with Gasteiger partial charge >= 0.3 is 0 Å². The average Bonchev–Trinajstić information content (AvgIpc) is 1.65. The van der Waals surface area contributed by atoms with E-state index in [0.29, 0.717) is 10.4 Å². The number of nitrogens with one attached hydrogen (secondary N) is 1. The SMILES string of the molecule is CC(=O)CC(=O)N[SiH3]. The van der Waals surface area contributed by atoms with Crippen molar-refractivity contribution in [2.45, 2.75) is 13.3 Å². The van der Waals surface area contributed by atoms with Crippen LogP contribution >= 0.6 is 0 Å². The minimum absolute atomic E-state index is 0.0312. The van der Waals surface area contributed by atoms with Crippen LogP contribution in [0.3, 0.4) is 0 Å². The normalized spacial score (nSPS) is 8.62. The third-order valence-corrected chi connectivity index (χ3v) is 1.25. The first-order chi connectivity index (χ1) is 3.66. The Morgan fingerprint density at radius 1 is 1.62 bits per heavy atom. The number of amides is 1. The first kappa shape index (κ1) is 7.36. The van der Waals surface area contributed by atoms with Crippen molar-refractivity contribution in [1.82, 2.24) is 4.98 Å². The van der Waals surface area contributed by atoms with Crippen molar-refractivity contribution in [3.05, 3.63) is 0 Å². The van der Waals surface area contributed by atoms with E-state index in [1.165, 1.54) is 6.92 Å². The van der Waals surface area contributed by atoms with Crippen LogP contribution < -0.4 is 4.98 Å². The minimum Gasteiger partial charge on any atom is -0.390 e. The smallest absolute Gasteiger partial charge is 0.219 e. The highest BCUT2D eigenvalue weighted by Gasteiger charge is 1.98. The maximum atomic E-state index is 10.3. The zero-order valence-electron chi connectivity index (χ0n) is 5.02. The molecule has 0 aromatic carbocycles. The standard InChI is InChI=1S/C4H9NO2Si/c1-3(6)2-4(7)5-8/h2H2,1,8H3,(H,5,7). The topological polar surface area (TPSA) is 46.2 Å². The Morgan fingerprint density at radius 2 is 2.12 bits per heavy atom. The van der Waals surface area contributed by atoms with Gasteiger partial charge in [-0.2, -0.15) is 0 Å². The predicted octanol–water partition coefficient (Wildman–Crippen LogP) is -1.64. The Bertz CT molecular complexity index is 113. The van der Waals surface area contributed by atoms with Gasteiger partial charge in [0.1, 0.15) is 16.2 Å². The van der Waals surface area contributed by atoms with E-state index in [2.05, 4.69) is 4.98 Å². The van der Waals surface area contributed by atoms with E-state index >= 15 is 0 Å². The quantitative estimate of drug-likeness (QED) is 0.361. The molecule has 1 N–H and O–H groups in total. The lowest BCUT2D eigenvalue weighted by atomic mass is 10.3. The van der Waals surface area contributed by atoms with Crippen molar-refractivity contribution >= 4 is 22.1 Å². The fourth-order valence-electron chi connectivity index (χ4n) is 0.314. The van der Waals surface area contributed by atoms with Gasteiger partial charge in [-0.1, -0.05) is 0 Å². The lowest BCUT2D eigenvalue weighted by Crippen LogP contribution is -2.21. The Kier molecular flexibility index (Phi) is 3.10. The van der Waals surface area contributed by atoms with Crippen molar-refractivity contribution in [1.29, 1.82) is 0 Å². The Balaban J connectivity index is 3.40. The fraction of sp³-hybridized carbons (Fsp3) is 0.500. The summed E-state index contributed by atoms with van der Waals surface area (Å²) in [5.74, 6) is -0.248. The number of hydrogen-bond acceptors (Lipinski definition) is 2. The van der Waals surface area contributed by atoms with Crippen LogP contribution in [0.25, 0.3) is 0 Å². The molecule has 0 spiro atoms. The number of rotatable bonds is 2. The predicted molar refractivity (Wildman–Crippen MR) is 33.4 cm³/mol. The average molecular weight is 131 g/mol. The summed E-state index contributed by atoms with van der Waals surface area (Å²) in [6.07, 6.45) is 0.0312. The van der Waals surface area contributed by atoms with Gasteiger partial charge in [-0.05, 0) is 6.92 Å². The highest BCUT2D eigenvalue weighted by molar-refractivity contribution is 6.16. The summed E-state index contributed by atoms with van der Waals surface area (Å²) in [6, 6.07) is 0. The second kappa shape index (κ2) is 3.37. The second-order valence-corrected chi connectivity index (χ2v) is 2.05. The lowest BCUT2D eigenvalue weighted by molar-refractivity contribution is -0.126. The summed E-state index contributed by atoms with van der Waals surface area (Å²) in [4.78, 5) is 23.0. The summed E-state index contributed by atoms with van der Waals surface area (Å²) in [5.41, 5.74) is 0. The van der Waals surface area contributed by atoms with Crippen LogP contribution in [0.15, 0.2) is 0 Å². The molecule has 0 unspecified atom stereocenters. The van der Waals surface area contributed by atoms with E-state index in [9.17, 15) is 9.59 Å². The molecule has 0 saturated carbocycles. The van der Waals surface area contributed by atoms with Gasteiger partial charge in [-0.25, -0.2) is 0 Å². The number of Topliss-reactive ketones (excluding diaryl/α,β-unsaturated/α-hetero) is 1. The van der Waals surface area contributed by atoms with Gasteiger partial charge in [0.2, 0.25) is 5.91 Å². The molecule has 0 fully saturated rings. The van der Waals surface area contributed by atoms with E-state index in [1.807, 2.05) is 0 Å². The molecule has 1 amide bonds. The number of carbonyl (C=O) groups is 2. The molecule has 0 bridgehead atoms. The Hall–Kier alpha value is -0.643. The molecule has 0 aliphatic rings. The highest BCUT2D eigenvalue weighted by Crippen LogP contribution is 1.77. The van der Waals surface area contributed by atoms with Crippen molar-refractivity contribution in [3.63, 3.8) is 0 Å². The number of ketones is 1. The number of hydrogen-bond donors (Lipinski definition) is 1. The van der Waals surface area contributed by atoms with Crippen LogP contribution in [0.4, 0.5) is 0 Å². The van der Waals surface area contributed by atoms with Crippen molar-refractivity contribution < 1.29 is 9.59 Å². The molecule has 3 nitrogen and oxygen atoms in total. The minimum atomic E-state index is -0.163. The van der Waals surface area contributed by atoms with Crippen LogP contribution in [0.1, 0.15) is 13.3 Å². The zero-order valence-corrected chi connectivity index (χ0v) is 7.02. The molecule has 0 radical (unpaired) electrons. The van der Waals surface area contributed by atoms with Gasteiger partial charge in [-0.3, -0.25) is 9.59 Å². The van der Waals surface area contributed by atoms with Gasteiger partial charge in [-0.15, -0.1) is 0 Å². The van der Waals surface area contributed by atoms with Crippen molar-refractivity contribution in [3.8, 4) is 0 Å². The molecule has 4 heteroatoms. The van der Waals surface area contributed by atoms with Crippen molar-refractivity contribution in [2.24, 2.45) is 0 Å². The molecule has 8 heavy (non-hydrogen) atoms. The first-order valence-electron chi connectivity index (χ1n) is 2.37. The van der Waals surface area contributed by atoms with Crippen LogP contribution in [0.5, 0.6) is 0 Å². The number of carbonyl (C=O) groups excluding carboxylic acids is 2. The summed E-state index contributed by atoms with van der Waals surface area (Å²) in [7, 11) is 0.627. The van der Waals surface area contributed by atoms with E-state index in [-0.39, 0.29) is 18.1 Å². The largest absolute Gasteiger partial charge is 0.390 e. The van der Waals surface area contributed by atoms with Crippen LogP contribution in [0.2, 0.25) is 0 Å². The molecule has 0 heterocycles. The molecular formula is C4H9NO2Si. The summed E-state index contributed by atoms with van der Waals surface area (Å²) in [6.45, 7) is 1.40. The van der Waals surface area contributed by atoms with E-state index in [0.717, 1.165) is 0 Å². The molecular weight excluding hydrogens is 122 g/mol. The van der Waals surface area contributed by atoms with Crippen LogP contribution in [-0.2, 0) is 9.59 Å². The summed E-state index contributed by atoms with van der Waals surface area (Å²) in [5, 5.41) is 0. The fourth-order valence-corrected chi connectivity index (χ4v) is 0.491. The van der Waals surface area contributed by atoms with E-state index in [4.69, 9.17) is 0 Å². The lowest BCUT2D eigenvalue weighted by Gasteiger charge is -1.91. The Morgan fingerprint density at radius 3 is 2.25 bits per heavy atom. The van der Waals surface area contributed by atoms with Crippen molar-refractivity contribution in [2.75, 3.05) is 0 Å². The third kappa shape index (κ3) is 3.54. The maximum absolute atomic E-state index is 10.3. The maximum Gasteiger partial charge on any atom is 0.219 e. The first-order valence-corrected chi connectivity index (χ1v) is 3.37. The van der Waals surface area contributed by atoms with Crippen LogP contribution in [0, 0.1) is 0 Å². The monoisotopic (exact) mass is 131 g/mol. The molecule has 0 aliphatic carbocycles. The molecule has 46 valence electrons. The van der Waals surface area contributed by atoms with Gasteiger partial charge in [0.25, 0.3) is 0 Å². The molecule has 0 aromatic rings. The van der Waals surface area contributed by atoms with Crippen LogP contribution in [-0.4, -0.2) is 22.1 Å². The van der Waals surface area contributed by atoms with Gasteiger partial charge in [0, 0.05) is 0 Å². The molecule has 0 atom stereocenters. The molecule has 0 saturated heterocycles. The molecule has 0 rings (SSSR count).